The fraction of sp³-hybridized carbons (Fsp3) is 0.667. The van der Waals surface area contributed by atoms with Crippen molar-refractivity contribution in [2.45, 2.75) is 25.7 Å². The van der Waals surface area contributed by atoms with Gasteiger partial charge in [0.1, 0.15) is 5.82 Å². The Morgan fingerprint density at radius 2 is 1.92 bits per heavy atom. The molecule has 1 aromatic heterocycles. The monoisotopic (exact) mass is 183 g/mol. The molecule has 0 aromatic carbocycles. The van der Waals surface area contributed by atoms with Crippen molar-refractivity contribution >= 4 is 5.82 Å². The van der Waals surface area contributed by atoms with Gasteiger partial charge in [0.2, 0.25) is 0 Å². The van der Waals surface area contributed by atoms with Gasteiger partial charge in [-0.2, -0.15) is 5.10 Å². The first-order chi connectivity index (χ1) is 6.29. The first-order valence-electron chi connectivity index (χ1n) is 4.51. The molecule has 1 aliphatic carbocycles. The summed E-state index contributed by atoms with van der Waals surface area (Å²) >= 11 is 0. The van der Waals surface area contributed by atoms with Crippen molar-refractivity contribution in [3.8, 4) is 0 Å². The minimum atomic E-state index is 0.703. The lowest BCUT2D eigenvalue weighted by molar-refractivity contribution is 0.277. The molecule has 0 bridgehead atoms. The fourth-order valence-electron chi connectivity index (χ4n) is 1.51. The predicted octanol–water partition coefficient (Wildman–Crippen LogP) is 1.13. The van der Waals surface area contributed by atoms with Crippen molar-refractivity contribution in [3.05, 3.63) is 11.3 Å². The molecular weight excluding hydrogens is 166 g/mol. The molecule has 4 nitrogen and oxygen atoms in total. The van der Waals surface area contributed by atoms with Crippen molar-refractivity contribution in [1.82, 2.24) is 10.2 Å². The lowest BCUT2D eigenvalue weighted by Gasteiger charge is -2.08. The van der Waals surface area contributed by atoms with Crippen LogP contribution in [0.25, 0.3) is 0 Å². The second-order valence-corrected chi connectivity index (χ2v) is 3.18. The summed E-state index contributed by atoms with van der Waals surface area (Å²) in [6.45, 7) is 0. The van der Waals surface area contributed by atoms with E-state index in [1.165, 1.54) is 24.1 Å². The number of fused-ring (bicyclic) bond motifs is 1. The number of nitrogen functional groups attached to an aromatic ring is 1. The average molecular weight is 183 g/mol. The normalized spacial score (nSPS) is 14.3. The van der Waals surface area contributed by atoms with Gasteiger partial charge in [0.05, 0.1) is 0 Å². The zero-order valence-corrected chi connectivity index (χ0v) is 8.26. The molecule has 1 heterocycles. The highest BCUT2D eigenvalue weighted by molar-refractivity contribution is 5.42. The summed E-state index contributed by atoms with van der Waals surface area (Å²) in [6.07, 6.45) is 4.77. The standard InChI is InChI=1S/C7H11N3.C2H6O/c8-7-5-3-1-2-4-6(5)9-10-7;1-3-2/h1-4H2,(H3,8,9,10);1-2H3. The number of methoxy groups -OCH3 is 1. The summed E-state index contributed by atoms with van der Waals surface area (Å²) < 4.78 is 4.25. The van der Waals surface area contributed by atoms with Gasteiger partial charge in [-0.15, -0.1) is 0 Å². The molecule has 0 saturated heterocycles. The van der Waals surface area contributed by atoms with E-state index in [1.54, 1.807) is 14.2 Å². The van der Waals surface area contributed by atoms with Crippen molar-refractivity contribution in [1.29, 1.82) is 0 Å². The number of H-pyrrole nitrogens is 1. The SMILES string of the molecule is COC.Nc1n[nH]c2c1CCCC2. The van der Waals surface area contributed by atoms with Gasteiger partial charge in [0, 0.05) is 25.5 Å². The summed E-state index contributed by atoms with van der Waals surface area (Å²) in [4.78, 5) is 0. The molecule has 74 valence electrons. The van der Waals surface area contributed by atoms with Crippen molar-refractivity contribution < 1.29 is 4.74 Å². The number of rotatable bonds is 0. The zero-order valence-electron chi connectivity index (χ0n) is 8.26. The molecule has 4 heteroatoms. The zero-order chi connectivity index (χ0) is 9.68. The Morgan fingerprint density at radius 1 is 1.31 bits per heavy atom. The third-order valence-corrected chi connectivity index (χ3v) is 2.09. The van der Waals surface area contributed by atoms with Gasteiger partial charge in [-0.25, -0.2) is 0 Å². The number of hydrogen-bond donors (Lipinski definition) is 2. The third kappa shape index (κ3) is 2.45. The molecular formula is C9H17N3O. The van der Waals surface area contributed by atoms with Crippen LogP contribution < -0.4 is 5.73 Å². The van der Waals surface area contributed by atoms with Gasteiger partial charge >= 0.3 is 0 Å². The van der Waals surface area contributed by atoms with Crippen LogP contribution in [0, 0.1) is 0 Å². The molecule has 0 aliphatic heterocycles. The van der Waals surface area contributed by atoms with Gasteiger partial charge in [-0.1, -0.05) is 0 Å². The molecule has 0 fully saturated rings. The topological polar surface area (TPSA) is 63.9 Å². The Labute approximate surface area is 78.5 Å². The molecule has 2 rings (SSSR count). The van der Waals surface area contributed by atoms with Crippen molar-refractivity contribution in [3.63, 3.8) is 0 Å². The molecule has 0 unspecified atom stereocenters. The molecule has 13 heavy (non-hydrogen) atoms. The quantitative estimate of drug-likeness (QED) is 0.633. The van der Waals surface area contributed by atoms with E-state index in [9.17, 15) is 0 Å². The molecule has 3 N–H and O–H groups in total. The Balaban J connectivity index is 0.000000251. The Bertz CT molecular complexity index is 257. The van der Waals surface area contributed by atoms with Gasteiger partial charge in [-0.3, -0.25) is 5.10 Å². The molecule has 0 saturated carbocycles. The van der Waals surface area contributed by atoms with Crippen LogP contribution >= 0.6 is 0 Å². The van der Waals surface area contributed by atoms with Crippen LogP contribution in [0.15, 0.2) is 0 Å². The minimum absolute atomic E-state index is 0.703. The first kappa shape index (κ1) is 10.1. The van der Waals surface area contributed by atoms with Crippen LogP contribution in [-0.4, -0.2) is 24.4 Å². The van der Waals surface area contributed by atoms with Crippen LogP contribution in [0.2, 0.25) is 0 Å². The summed E-state index contributed by atoms with van der Waals surface area (Å²) in [5, 5.41) is 6.90. The number of nitrogens with zero attached hydrogens (tertiary/aromatic N) is 1. The van der Waals surface area contributed by atoms with Crippen molar-refractivity contribution in [2.75, 3.05) is 20.0 Å². The number of aromatic amines is 1. The smallest absolute Gasteiger partial charge is 0.148 e. The largest absolute Gasteiger partial charge is 0.388 e. The van der Waals surface area contributed by atoms with Gasteiger partial charge < -0.3 is 10.5 Å². The van der Waals surface area contributed by atoms with Gasteiger partial charge in [0.15, 0.2) is 0 Å². The summed E-state index contributed by atoms with van der Waals surface area (Å²) in [5.74, 6) is 0.703. The van der Waals surface area contributed by atoms with E-state index in [1.807, 2.05) is 0 Å². The van der Waals surface area contributed by atoms with Gasteiger partial charge in [-0.05, 0) is 25.7 Å². The lowest BCUT2D eigenvalue weighted by Crippen LogP contribution is -2.01. The molecule has 0 spiro atoms. The summed E-state index contributed by atoms with van der Waals surface area (Å²) in [6, 6.07) is 0. The van der Waals surface area contributed by atoms with E-state index in [4.69, 9.17) is 5.73 Å². The number of nitrogens with one attached hydrogen (secondary N) is 1. The summed E-state index contributed by atoms with van der Waals surface area (Å²) in [5.41, 5.74) is 8.13. The van der Waals surface area contributed by atoms with Crippen LogP contribution in [0.4, 0.5) is 5.82 Å². The second kappa shape index (κ2) is 4.87. The number of anilines is 1. The lowest BCUT2D eigenvalue weighted by atomic mass is 9.98. The molecule has 0 radical (unpaired) electrons. The predicted molar refractivity (Wildman–Crippen MR) is 52.6 cm³/mol. The highest BCUT2D eigenvalue weighted by Gasteiger charge is 2.13. The van der Waals surface area contributed by atoms with E-state index in [0.717, 1.165) is 12.8 Å². The Kier molecular flexibility index (Phi) is 3.76. The van der Waals surface area contributed by atoms with Crippen LogP contribution in [0.5, 0.6) is 0 Å². The van der Waals surface area contributed by atoms with Crippen LogP contribution in [-0.2, 0) is 17.6 Å². The second-order valence-electron chi connectivity index (χ2n) is 3.18. The maximum absolute atomic E-state index is 5.62. The Morgan fingerprint density at radius 3 is 2.54 bits per heavy atom. The maximum atomic E-state index is 5.62. The van der Waals surface area contributed by atoms with E-state index < -0.39 is 0 Å². The minimum Gasteiger partial charge on any atom is -0.388 e. The van der Waals surface area contributed by atoms with E-state index in [2.05, 4.69) is 14.9 Å². The van der Waals surface area contributed by atoms with E-state index in [-0.39, 0.29) is 0 Å². The molecule has 1 aromatic rings. The average Bonchev–Trinajstić information content (AvgIpc) is 2.50. The molecule has 1 aliphatic rings. The van der Waals surface area contributed by atoms with Gasteiger partial charge in [0.25, 0.3) is 0 Å². The summed E-state index contributed by atoms with van der Waals surface area (Å²) in [7, 11) is 3.25. The molecule has 0 atom stereocenters. The van der Waals surface area contributed by atoms with E-state index >= 15 is 0 Å². The Hall–Kier alpha value is -1.03. The number of aryl methyl sites for hydroxylation is 1. The van der Waals surface area contributed by atoms with Crippen molar-refractivity contribution in [2.24, 2.45) is 0 Å². The number of nitrogens with two attached hydrogens (primary N) is 1. The third-order valence-electron chi connectivity index (χ3n) is 2.09. The highest BCUT2D eigenvalue weighted by Crippen LogP contribution is 2.22. The highest BCUT2D eigenvalue weighted by atomic mass is 16.4. The number of hydrogen-bond acceptors (Lipinski definition) is 3. The first-order valence-corrected chi connectivity index (χ1v) is 4.51. The maximum Gasteiger partial charge on any atom is 0.148 e. The van der Waals surface area contributed by atoms with E-state index in [0.29, 0.717) is 5.82 Å². The van der Waals surface area contributed by atoms with Crippen LogP contribution in [0.1, 0.15) is 24.1 Å². The number of ether oxygens (including phenoxy) is 1. The van der Waals surface area contributed by atoms with Crippen LogP contribution in [0.3, 0.4) is 0 Å². The number of aromatic nitrogens is 2. The fourth-order valence-corrected chi connectivity index (χ4v) is 1.51. The molecule has 0 amide bonds.